The van der Waals surface area contributed by atoms with Crippen LogP contribution in [0.2, 0.25) is 0 Å². The number of para-hydroxylation sites is 2. The van der Waals surface area contributed by atoms with Crippen LogP contribution in [0.25, 0.3) is 0 Å². The van der Waals surface area contributed by atoms with E-state index in [9.17, 15) is 14.9 Å². The van der Waals surface area contributed by atoms with Crippen molar-refractivity contribution in [1.29, 1.82) is 0 Å². The van der Waals surface area contributed by atoms with Crippen molar-refractivity contribution in [1.82, 2.24) is 4.90 Å². The van der Waals surface area contributed by atoms with E-state index in [0.29, 0.717) is 44.7 Å². The molecule has 4 rings (SSSR count). The molecule has 2 aromatic heterocycles. The first kappa shape index (κ1) is 20.6. The first-order chi connectivity index (χ1) is 14.6. The molecule has 8 heteroatoms. The smallest absolute Gasteiger partial charge is 0.292 e. The standard InChI is InChI=1S/C22H23N3O3S2/c26-22(24(15-18-5-3-13-29-18)16-19-6-4-14-30-19)17-9-11-23(12-10-17)20-7-1-2-8-21(20)25(27)28/h1-8,13-14,17H,9-12,15-16H2. The van der Waals surface area contributed by atoms with E-state index in [1.807, 2.05) is 38.8 Å². The molecule has 0 saturated carbocycles. The zero-order valence-corrected chi connectivity index (χ0v) is 18.1. The Morgan fingerprint density at radius 1 is 1.00 bits per heavy atom. The number of nitro benzene ring substituents is 1. The van der Waals surface area contributed by atoms with Crippen molar-refractivity contribution >= 4 is 40.0 Å². The van der Waals surface area contributed by atoms with E-state index in [0.717, 1.165) is 0 Å². The van der Waals surface area contributed by atoms with Crippen molar-refractivity contribution in [2.24, 2.45) is 5.92 Å². The topological polar surface area (TPSA) is 66.7 Å². The molecule has 30 heavy (non-hydrogen) atoms. The Morgan fingerprint density at radius 2 is 1.60 bits per heavy atom. The van der Waals surface area contributed by atoms with Gasteiger partial charge in [-0.2, -0.15) is 0 Å². The highest BCUT2D eigenvalue weighted by molar-refractivity contribution is 7.10. The van der Waals surface area contributed by atoms with E-state index >= 15 is 0 Å². The molecule has 3 heterocycles. The van der Waals surface area contributed by atoms with Crippen molar-refractivity contribution in [3.8, 4) is 0 Å². The fourth-order valence-corrected chi connectivity index (χ4v) is 5.34. The minimum atomic E-state index is -0.337. The molecular formula is C22H23N3O3S2. The first-order valence-electron chi connectivity index (χ1n) is 9.93. The monoisotopic (exact) mass is 441 g/mol. The van der Waals surface area contributed by atoms with Crippen LogP contribution in [0, 0.1) is 16.0 Å². The lowest BCUT2D eigenvalue weighted by atomic mass is 9.94. The number of thiophene rings is 2. The van der Waals surface area contributed by atoms with E-state index in [1.54, 1.807) is 34.8 Å². The van der Waals surface area contributed by atoms with Gasteiger partial charge in [-0.15, -0.1) is 22.7 Å². The summed E-state index contributed by atoms with van der Waals surface area (Å²) in [6, 6.07) is 15.0. The van der Waals surface area contributed by atoms with Gasteiger partial charge in [0.1, 0.15) is 5.69 Å². The van der Waals surface area contributed by atoms with Gasteiger partial charge < -0.3 is 9.80 Å². The summed E-state index contributed by atoms with van der Waals surface area (Å²) >= 11 is 3.33. The summed E-state index contributed by atoms with van der Waals surface area (Å²) < 4.78 is 0. The van der Waals surface area contributed by atoms with Gasteiger partial charge in [0.2, 0.25) is 5.91 Å². The Labute approximate surface area is 183 Å². The third-order valence-electron chi connectivity index (χ3n) is 5.43. The molecule has 0 atom stereocenters. The maximum absolute atomic E-state index is 13.4. The van der Waals surface area contributed by atoms with Crippen molar-refractivity contribution in [3.05, 3.63) is 79.2 Å². The zero-order valence-electron chi connectivity index (χ0n) is 16.5. The number of anilines is 1. The van der Waals surface area contributed by atoms with Gasteiger partial charge in [0.25, 0.3) is 5.69 Å². The molecule has 156 valence electrons. The SMILES string of the molecule is O=C(C1CCN(c2ccccc2[N+](=O)[O-])CC1)N(Cc1cccs1)Cc1cccs1. The summed E-state index contributed by atoms with van der Waals surface area (Å²) in [7, 11) is 0. The average molecular weight is 442 g/mol. The van der Waals surface area contributed by atoms with Crippen LogP contribution >= 0.6 is 22.7 Å². The van der Waals surface area contributed by atoms with E-state index in [4.69, 9.17) is 0 Å². The summed E-state index contributed by atoms with van der Waals surface area (Å²) in [5.41, 5.74) is 0.765. The quantitative estimate of drug-likeness (QED) is 0.375. The molecule has 0 aliphatic carbocycles. The van der Waals surface area contributed by atoms with E-state index < -0.39 is 0 Å². The molecule has 1 aliphatic rings. The summed E-state index contributed by atoms with van der Waals surface area (Å²) in [4.78, 5) is 30.7. The first-order valence-corrected chi connectivity index (χ1v) is 11.7. The number of benzene rings is 1. The van der Waals surface area contributed by atoms with Crippen molar-refractivity contribution in [2.45, 2.75) is 25.9 Å². The average Bonchev–Trinajstić information content (AvgIpc) is 3.47. The molecule has 1 aromatic carbocycles. The normalized spacial score (nSPS) is 14.6. The third-order valence-corrected chi connectivity index (χ3v) is 7.15. The lowest BCUT2D eigenvalue weighted by Crippen LogP contribution is -2.42. The molecule has 6 nitrogen and oxygen atoms in total. The fourth-order valence-electron chi connectivity index (χ4n) is 3.90. The third kappa shape index (κ3) is 4.71. The van der Waals surface area contributed by atoms with Crippen LogP contribution < -0.4 is 4.90 Å². The molecular weight excluding hydrogens is 418 g/mol. The van der Waals surface area contributed by atoms with Crippen LogP contribution in [0.1, 0.15) is 22.6 Å². The Bertz CT molecular complexity index is 945. The minimum absolute atomic E-state index is 0.0519. The van der Waals surface area contributed by atoms with Gasteiger partial charge in [-0.05, 0) is 41.8 Å². The predicted molar refractivity (Wildman–Crippen MR) is 121 cm³/mol. The van der Waals surface area contributed by atoms with Crippen LogP contribution in [-0.4, -0.2) is 28.8 Å². The number of rotatable bonds is 7. The van der Waals surface area contributed by atoms with Crippen LogP contribution in [0.5, 0.6) is 0 Å². The number of carbonyl (C=O) groups is 1. The van der Waals surface area contributed by atoms with Gasteiger partial charge in [0.15, 0.2) is 0 Å². The molecule has 1 saturated heterocycles. The molecule has 0 bridgehead atoms. The number of nitro groups is 1. The van der Waals surface area contributed by atoms with Gasteiger partial charge in [0.05, 0.1) is 18.0 Å². The number of piperidine rings is 1. The highest BCUT2D eigenvalue weighted by Gasteiger charge is 2.31. The molecule has 0 N–H and O–H groups in total. The summed E-state index contributed by atoms with van der Waals surface area (Å²) in [5.74, 6) is 0.128. The number of amides is 1. The molecule has 0 radical (unpaired) electrons. The lowest BCUT2D eigenvalue weighted by molar-refractivity contribution is -0.384. The number of hydrogen-bond acceptors (Lipinski definition) is 6. The van der Waals surface area contributed by atoms with Crippen LogP contribution in [0.4, 0.5) is 11.4 Å². The van der Waals surface area contributed by atoms with Gasteiger partial charge in [-0.25, -0.2) is 0 Å². The lowest BCUT2D eigenvalue weighted by Gasteiger charge is -2.35. The molecule has 1 fully saturated rings. The van der Waals surface area contributed by atoms with Crippen molar-refractivity contribution < 1.29 is 9.72 Å². The minimum Gasteiger partial charge on any atom is -0.366 e. The second kappa shape index (κ2) is 9.40. The molecule has 0 unspecified atom stereocenters. The molecule has 3 aromatic rings. The van der Waals surface area contributed by atoms with E-state index in [1.165, 1.54) is 15.8 Å². The van der Waals surface area contributed by atoms with Gasteiger partial charge in [-0.1, -0.05) is 24.3 Å². The van der Waals surface area contributed by atoms with Gasteiger partial charge in [-0.3, -0.25) is 14.9 Å². The fraction of sp³-hybridized carbons (Fsp3) is 0.318. The predicted octanol–water partition coefficient (Wildman–Crippen LogP) is 5.16. The Balaban J connectivity index is 1.44. The number of carbonyl (C=O) groups excluding carboxylic acids is 1. The maximum Gasteiger partial charge on any atom is 0.292 e. The second-order valence-electron chi connectivity index (χ2n) is 7.36. The number of nitrogens with zero attached hydrogens (tertiary/aromatic N) is 3. The Kier molecular flexibility index (Phi) is 6.44. The Hall–Kier alpha value is -2.71. The van der Waals surface area contributed by atoms with Crippen molar-refractivity contribution in [3.63, 3.8) is 0 Å². The molecule has 1 amide bonds. The van der Waals surface area contributed by atoms with E-state index in [2.05, 4.69) is 12.1 Å². The molecule has 0 spiro atoms. The van der Waals surface area contributed by atoms with Crippen LogP contribution in [0.15, 0.2) is 59.3 Å². The van der Waals surface area contributed by atoms with E-state index in [-0.39, 0.29) is 22.4 Å². The highest BCUT2D eigenvalue weighted by Crippen LogP contribution is 2.32. The summed E-state index contributed by atoms with van der Waals surface area (Å²) in [5, 5.41) is 15.4. The zero-order chi connectivity index (χ0) is 20.9. The van der Waals surface area contributed by atoms with Gasteiger partial charge >= 0.3 is 0 Å². The number of hydrogen-bond donors (Lipinski definition) is 0. The summed E-state index contributed by atoms with van der Waals surface area (Å²) in [6.45, 7) is 2.54. The summed E-state index contributed by atoms with van der Waals surface area (Å²) in [6.07, 6.45) is 1.41. The van der Waals surface area contributed by atoms with Crippen LogP contribution in [0.3, 0.4) is 0 Å². The van der Waals surface area contributed by atoms with Crippen molar-refractivity contribution in [2.75, 3.05) is 18.0 Å². The van der Waals surface area contributed by atoms with Crippen LogP contribution in [-0.2, 0) is 17.9 Å². The highest BCUT2D eigenvalue weighted by atomic mass is 32.1. The second-order valence-corrected chi connectivity index (χ2v) is 9.42. The molecule has 1 aliphatic heterocycles. The van der Waals surface area contributed by atoms with Gasteiger partial charge in [0, 0.05) is 34.8 Å². The Morgan fingerprint density at radius 3 is 2.13 bits per heavy atom. The largest absolute Gasteiger partial charge is 0.366 e. The maximum atomic E-state index is 13.4.